The summed E-state index contributed by atoms with van der Waals surface area (Å²) in [6.07, 6.45) is -1.25. The zero-order chi connectivity index (χ0) is 27.8. The highest BCUT2D eigenvalue weighted by Gasteiger charge is 2.49. The first kappa shape index (κ1) is 27.5. The molecular formula is C29H26N2O7S. The number of carbonyl (C=O) groups excluding carboxylic acids is 4. The molecule has 4 rings (SSSR count). The van der Waals surface area contributed by atoms with Crippen molar-refractivity contribution >= 4 is 40.8 Å². The molecule has 0 bridgehead atoms. The Morgan fingerprint density at radius 1 is 0.897 bits per heavy atom. The van der Waals surface area contributed by atoms with Crippen LogP contribution in [0, 0.1) is 5.92 Å². The van der Waals surface area contributed by atoms with Crippen LogP contribution < -0.4 is 15.4 Å². The van der Waals surface area contributed by atoms with E-state index in [1.807, 2.05) is 12.1 Å². The van der Waals surface area contributed by atoms with Gasteiger partial charge >= 0.3 is 5.97 Å². The van der Waals surface area contributed by atoms with E-state index >= 15 is 0 Å². The van der Waals surface area contributed by atoms with Crippen LogP contribution in [-0.4, -0.2) is 52.4 Å². The van der Waals surface area contributed by atoms with Gasteiger partial charge in [0, 0.05) is 6.42 Å². The lowest BCUT2D eigenvalue weighted by atomic mass is 9.81. The van der Waals surface area contributed by atoms with Gasteiger partial charge in [-0.1, -0.05) is 78.9 Å². The quantitative estimate of drug-likeness (QED) is 0.137. The van der Waals surface area contributed by atoms with Crippen LogP contribution in [0.25, 0.3) is 0 Å². The number of benzene rings is 3. The van der Waals surface area contributed by atoms with Crippen LogP contribution in [0.1, 0.15) is 23.7 Å². The molecule has 1 unspecified atom stereocenters. The third kappa shape index (κ3) is 7.05. The van der Waals surface area contributed by atoms with Crippen molar-refractivity contribution in [3.63, 3.8) is 0 Å². The summed E-state index contributed by atoms with van der Waals surface area (Å²) in [5, 5.41) is 14.3. The largest absolute Gasteiger partial charge is 0.502 e. The van der Waals surface area contributed by atoms with Gasteiger partial charge in [-0.3, -0.25) is 14.4 Å². The molecule has 3 aromatic carbocycles. The zero-order valence-electron chi connectivity index (χ0n) is 20.7. The van der Waals surface area contributed by atoms with Crippen molar-refractivity contribution in [2.75, 3.05) is 6.61 Å². The highest BCUT2D eigenvalue weighted by Crippen LogP contribution is 2.28. The van der Waals surface area contributed by atoms with Crippen molar-refractivity contribution in [1.82, 2.24) is 10.6 Å². The molecule has 1 aliphatic heterocycles. The normalized spacial score (nSPS) is 16.8. The number of carbonyl (C=O) groups is 4. The number of aliphatic hydroxyl groups is 1. The van der Waals surface area contributed by atoms with Crippen molar-refractivity contribution in [3.8, 4) is 5.75 Å². The molecule has 0 saturated carbocycles. The number of thiocarbonyl (C=S) groups is 1. The summed E-state index contributed by atoms with van der Waals surface area (Å²) < 4.78 is 11.1. The Kier molecular flexibility index (Phi) is 9.01. The van der Waals surface area contributed by atoms with Gasteiger partial charge in [-0.25, -0.2) is 4.79 Å². The zero-order valence-corrected chi connectivity index (χ0v) is 21.5. The van der Waals surface area contributed by atoms with E-state index in [2.05, 4.69) is 10.6 Å². The number of aliphatic hydroxyl groups excluding tert-OH is 1. The maximum absolute atomic E-state index is 13.3. The Balaban J connectivity index is 1.47. The number of β-lactam (4-membered cyclic amide) rings is 1. The Morgan fingerprint density at radius 3 is 1.95 bits per heavy atom. The lowest BCUT2D eigenvalue weighted by Gasteiger charge is -2.40. The minimum Gasteiger partial charge on any atom is -0.502 e. The maximum Gasteiger partial charge on any atom is 0.375 e. The molecule has 1 saturated heterocycles. The smallest absolute Gasteiger partial charge is 0.375 e. The molecule has 3 atom stereocenters. The van der Waals surface area contributed by atoms with Gasteiger partial charge in [-0.15, -0.1) is 0 Å². The highest BCUT2D eigenvalue weighted by atomic mass is 32.1. The molecular weight excluding hydrogens is 520 g/mol. The number of amides is 2. The first-order valence-electron chi connectivity index (χ1n) is 12.2. The molecule has 9 nitrogen and oxygen atoms in total. The molecule has 2 amide bonds. The third-order valence-electron chi connectivity index (χ3n) is 6.18. The molecule has 200 valence electrons. The van der Waals surface area contributed by atoms with Crippen molar-refractivity contribution < 1.29 is 33.8 Å². The molecule has 0 aliphatic carbocycles. The van der Waals surface area contributed by atoms with Crippen molar-refractivity contribution in [1.29, 1.82) is 0 Å². The highest BCUT2D eigenvalue weighted by molar-refractivity contribution is 7.80. The molecule has 1 aliphatic rings. The molecule has 3 N–H and O–H groups in total. The number of ether oxygens (including phenoxy) is 2. The van der Waals surface area contributed by atoms with Gasteiger partial charge in [0.2, 0.25) is 11.7 Å². The predicted octanol–water partition coefficient (Wildman–Crippen LogP) is 2.84. The average Bonchev–Trinajstić information content (AvgIpc) is 2.96. The molecule has 0 aromatic heterocycles. The summed E-state index contributed by atoms with van der Waals surface area (Å²) in [5.74, 6) is -4.09. The average molecular weight is 547 g/mol. The Hall–Kier alpha value is -4.57. The van der Waals surface area contributed by atoms with E-state index in [0.29, 0.717) is 16.9 Å². The van der Waals surface area contributed by atoms with Crippen LogP contribution >= 0.6 is 12.2 Å². The van der Waals surface area contributed by atoms with E-state index in [9.17, 15) is 24.3 Å². The van der Waals surface area contributed by atoms with Gasteiger partial charge in [0.05, 0.1) is 12.0 Å². The van der Waals surface area contributed by atoms with Crippen molar-refractivity contribution in [3.05, 3.63) is 102 Å². The fourth-order valence-corrected chi connectivity index (χ4v) is 4.42. The molecule has 39 heavy (non-hydrogen) atoms. The summed E-state index contributed by atoms with van der Waals surface area (Å²) in [6.45, 7) is -0.366. The number of hydrogen-bond acceptors (Lipinski definition) is 7. The summed E-state index contributed by atoms with van der Waals surface area (Å²) in [7, 11) is 0. The van der Waals surface area contributed by atoms with Gasteiger partial charge in [0.1, 0.15) is 11.8 Å². The van der Waals surface area contributed by atoms with Crippen LogP contribution in [0.4, 0.5) is 0 Å². The van der Waals surface area contributed by atoms with E-state index < -0.39 is 52.7 Å². The van der Waals surface area contributed by atoms with E-state index in [4.69, 9.17) is 21.7 Å². The van der Waals surface area contributed by atoms with Crippen LogP contribution in [0.5, 0.6) is 5.75 Å². The van der Waals surface area contributed by atoms with Gasteiger partial charge in [0.15, 0.2) is 17.8 Å². The standard InChI is InChI=1S/C29H26N2O7S/c32-22(17-37-20-14-8-3-9-15-20)30-25-24(31-28(25)35)21(16-23(33)39)26(34)29(36)38-27(18-10-4-1-5-11-18)19-12-6-2-7-13-19/h1-15,21,24-25,27H,16-17H2,(H,30,32)(H,31,35)(H,33,39)/t21?,24-,25-/m1/s1. The lowest BCUT2D eigenvalue weighted by Crippen LogP contribution is -2.73. The monoisotopic (exact) mass is 546 g/mol. The van der Waals surface area contributed by atoms with Crippen LogP contribution in [0.2, 0.25) is 0 Å². The van der Waals surface area contributed by atoms with E-state index in [1.165, 1.54) is 0 Å². The van der Waals surface area contributed by atoms with E-state index in [-0.39, 0.29) is 13.0 Å². The number of nitrogens with one attached hydrogen (secondary N) is 2. The van der Waals surface area contributed by atoms with Gasteiger partial charge < -0.3 is 25.2 Å². The minimum atomic E-state index is -1.26. The second-order valence-corrected chi connectivity index (χ2v) is 9.33. The Bertz CT molecular complexity index is 1300. The number of rotatable bonds is 12. The predicted molar refractivity (Wildman–Crippen MR) is 145 cm³/mol. The fourth-order valence-electron chi connectivity index (χ4n) is 4.24. The minimum absolute atomic E-state index is 0.366. The van der Waals surface area contributed by atoms with Crippen molar-refractivity contribution in [2.45, 2.75) is 24.6 Å². The Labute approximate surface area is 230 Å². The number of Topliss-reactive ketones (excluding diaryl/α,β-unsaturated/α-hetero) is 1. The summed E-state index contributed by atoms with van der Waals surface area (Å²) in [5.41, 5.74) is 1.30. The topological polar surface area (TPSA) is 131 Å². The molecule has 1 fully saturated rings. The van der Waals surface area contributed by atoms with E-state index in [1.54, 1.807) is 78.9 Å². The van der Waals surface area contributed by atoms with Crippen LogP contribution in [0.3, 0.4) is 0 Å². The van der Waals surface area contributed by atoms with Gasteiger partial charge in [0.25, 0.3) is 5.91 Å². The maximum atomic E-state index is 13.3. The van der Waals surface area contributed by atoms with Crippen LogP contribution in [-0.2, 0) is 23.9 Å². The molecule has 0 radical (unpaired) electrons. The second kappa shape index (κ2) is 12.8. The van der Waals surface area contributed by atoms with Gasteiger partial charge in [-0.05, 0) is 35.5 Å². The molecule has 1 heterocycles. The number of ketones is 1. The third-order valence-corrected chi connectivity index (χ3v) is 6.34. The van der Waals surface area contributed by atoms with E-state index in [0.717, 1.165) is 0 Å². The summed E-state index contributed by atoms with van der Waals surface area (Å²) in [4.78, 5) is 51.2. The molecule has 3 aromatic rings. The van der Waals surface area contributed by atoms with Crippen LogP contribution in [0.15, 0.2) is 91.0 Å². The number of para-hydroxylation sites is 1. The second-order valence-electron chi connectivity index (χ2n) is 8.86. The number of hydrogen-bond donors (Lipinski definition) is 3. The summed E-state index contributed by atoms with van der Waals surface area (Å²) in [6, 6.07) is 24.4. The fraction of sp³-hybridized carbons (Fsp3) is 0.207. The van der Waals surface area contributed by atoms with Gasteiger partial charge in [-0.2, -0.15) is 0 Å². The first-order chi connectivity index (χ1) is 18.8. The number of esters is 1. The SMILES string of the molecule is O=C(COc1ccccc1)N[C@H]1C(=O)N[C@@H]1C(CC(O)=S)C(=O)C(=O)OC(c1ccccc1)c1ccccc1. The first-order valence-corrected chi connectivity index (χ1v) is 12.6. The molecule has 10 heteroatoms. The molecule has 0 spiro atoms. The van der Waals surface area contributed by atoms with Crippen molar-refractivity contribution in [2.24, 2.45) is 5.92 Å². The summed E-state index contributed by atoms with van der Waals surface area (Å²) >= 11 is 4.79. The Morgan fingerprint density at radius 2 is 1.44 bits per heavy atom. The lowest BCUT2D eigenvalue weighted by molar-refractivity contribution is -0.160.